The molecule has 2 rings (SSSR count). The summed E-state index contributed by atoms with van der Waals surface area (Å²) in [5, 5.41) is 2.99. The highest BCUT2D eigenvalue weighted by Gasteiger charge is 2.32. The predicted molar refractivity (Wildman–Crippen MR) is 87.0 cm³/mol. The van der Waals surface area contributed by atoms with E-state index in [1.54, 1.807) is 6.20 Å². The molecule has 1 aliphatic heterocycles. The van der Waals surface area contributed by atoms with Crippen LogP contribution in [0, 0.1) is 0 Å². The van der Waals surface area contributed by atoms with Crippen LogP contribution in [0.25, 0.3) is 0 Å². The second-order valence-corrected chi connectivity index (χ2v) is 6.11. The summed E-state index contributed by atoms with van der Waals surface area (Å²) in [6, 6.07) is 3.83. The van der Waals surface area contributed by atoms with Crippen LogP contribution in [0.15, 0.2) is 18.3 Å². The summed E-state index contributed by atoms with van der Waals surface area (Å²) in [5.74, 6) is 0.878. The molecule has 6 heteroatoms. The van der Waals surface area contributed by atoms with Gasteiger partial charge in [0.25, 0.3) is 0 Å². The highest BCUT2D eigenvalue weighted by molar-refractivity contribution is 5.74. The molecule has 1 aromatic heterocycles. The van der Waals surface area contributed by atoms with Gasteiger partial charge in [-0.3, -0.25) is 0 Å². The number of amides is 2. The van der Waals surface area contributed by atoms with E-state index >= 15 is 0 Å². The monoisotopic (exact) mass is 306 g/mol. The van der Waals surface area contributed by atoms with Gasteiger partial charge < -0.3 is 19.9 Å². The first-order valence-electron chi connectivity index (χ1n) is 7.73. The van der Waals surface area contributed by atoms with E-state index in [-0.39, 0.29) is 11.6 Å². The summed E-state index contributed by atoms with van der Waals surface area (Å²) in [4.78, 5) is 20.5. The Morgan fingerprint density at radius 2 is 2.32 bits per heavy atom. The van der Waals surface area contributed by atoms with Crippen LogP contribution in [0.3, 0.4) is 0 Å². The molecule has 0 bridgehead atoms. The number of ether oxygens (including phenoxy) is 1. The Morgan fingerprint density at radius 1 is 1.55 bits per heavy atom. The third kappa shape index (κ3) is 3.88. The number of hydrogen-bond donors (Lipinski definition) is 1. The van der Waals surface area contributed by atoms with Crippen molar-refractivity contribution in [2.45, 2.75) is 32.4 Å². The van der Waals surface area contributed by atoms with Gasteiger partial charge in [-0.2, -0.15) is 0 Å². The number of aromatic nitrogens is 1. The Kier molecular flexibility index (Phi) is 5.24. The van der Waals surface area contributed by atoms with E-state index in [1.807, 2.05) is 36.0 Å². The Hall–Kier alpha value is -1.82. The summed E-state index contributed by atoms with van der Waals surface area (Å²) in [6.07, 6.45) is 2.65. The van der Waals surface area contributed by atoms with Gasteiger partial charge in [0.05, 0.1) is 18.8 Å². The van der Waals surface area contributed by atoms with Crippen molar-refractivity contribution < 1.29 is 9.53 Å². The van der Waals surface area contributed by atoms with Crippen molar-refractivity contribution in [1.82, 2.24) is 15.2 Å². The number of nitrogens with zero attached hydrogens (tertiary/aromatic N) is 3. The Labute approximate surface area is 132 Å². The molecule has 0 spiro atoms. The Bertz CT molecular complexity index is 521. The molecule has 22 heavy (non-hydrogen) atoms. The summed E-state index contributed by atoms with van der Waals surface area (Å²) in [6.45, 7) is 6.46. The average Bonchev–Trinajstić information content (AvgIpc) is 2.52. The highest BCUT2D eigenvalue weighted by atomic mass is 16.5. The van der Waals surface area contributed by atoms with E-state index < -0.39 is 0 Å². The molecule has 1 saturated heterocycles. The van der Waals surface area contributed by atoms with Gasteiger partial charge in [-0.25, -0.2) is 9.78 Å². The molecule has 2 amide bonds. The third-order valence-electron chi connectivity index (χ3n) is 4.09. The van der Waals surface area contributed by atoms with Gasteiger partial charge in [-0.05, 0) is 19.4 Å². The fourth-order valence-corrected chi connectivity index (χ4v) is 2.57. The number of carbonyl (C=O) groups excluding carboxylic acids is 1. The maximum atomic E-state index is 12.4. The number of nitrogens with one attached hydrogen (secondary N) is 1. The molecule has 0 unspecified atom stereocenters. The van der Waals surface area contributed by atoms with Crippen molar-refractivity contribution in [3.63, 3.8) is 0 Å². The minimum Gasteiger partial charge on any atom is -0.372 e. The number of carbonyl (C=O) groups is 1. The number of rotatable bonds is 4. The molecule has 1 fully saturated rings. The molecule has 1 aromatic rings. The zero-order valence-electron chi connectivity index (χ0n) is 13.9. The second kappa shape index (κ2) is 6.96. The number of pyridine rings is 1. The van der Waals surface area contributed by atoms with Crippen LogP contribution in [0.4, 0.5) is 10.6 Å². The molecular formula is C16H26N4O2. The van der Waals surface area contributed by atoms with Crippen LogP contribution < -0.4 is 10.2 Å². The van der Waals surface area contributed by atoms with Crippen LogP contribution in [0.2, 0.25) is 0 Å². The minimum atomic E-state index is -0.237. The summed E-state index contributed by atoms with van der Waals surface area (Å²) in [5.41, 5.74) is 0.769. The van der Waals surface area contributed by atoms with E-state index in [0.717, 1.165) is 17.8 Å². The van der Waals surface area contributed by atoms with Crippen molar-refractivity contribution in [1.29, 1.82) is 0 Å². The van der Waals surface area contributed by atoms with Crippen LogP contribution >= 0.6 is 0 Å². The standard InChI is InChI=1S/C16H26N4O2/c1-5-16(2)12-20(9-10-22-16)15(21)18-11-13-7-6-8-17-14(13)19(3)4/h6-8H,5,9-12H2,1-4H3,(H,18,21)/t16-/m1/s1. The summed E-state index contributed by atoms with van der Waals surface area (Å²) < 4.78 is 5.77. The van der Waals surface area contributed by atoms with Crippen molar-refractivity contribution in [2.24, 2.45) is 0 Å². The third-order valence-corrected chi connectivity index (χ3v) is 4.09. The summed E-state index contributed by atoms with van der Waals surface area (Å²) in [7, 11) is 3.89. The van der Waals surface area contributed by atoms with Gasteiger partial charge in [0, 0.05) is 38.9 Å². The number of anilines is 1. The van der Waals surface area contributed by atoms with Crippen LogP contribution in [-0.2, 0) is 11.3 Å². The van der Waals surface area contributed by atoms with Crippen LogP contribution in [-0.4, -0.2) is 55.3 Å². The quantitative estimate of drug-likeness (QED) is 0.922. The van der Waals surface area contributed by atoms with Gasteiger partial charge in [0.2, 0.25) is 0 Å². The Balaban J connectivity index is 1.96. The van der Waals surface area contributed by atoms with Crippen molar-refractivity contribution in [2.75, 3.05) is 38.7 Å². The van der Waals surface area contributed by atoms with Crippen LogP contribution in [0.5, 0.6) is 0 Å². The van der Waals surface area contributed by atoms with E-state index in [2.05, 4.69) is 24.1 Å². The molecule has 1 aliphatic rings. The maximum Gasteiger partial charge on any atom is 0.317 e. The first-order valence-corrected chi connectivity index (χ1v) is 7.73. The zero-order chi connectivity index (χ0) is 16.2. The lowest BCUT2D eigenvalue weighted by atomic mass is 10.0. The van der Waals surface area contributed by atoms with Crippen LogP contribution in [0.1, 0.15) is 25.8 Å². The molecule has 1 N–H and O–H groups in total. The minimum absolute atomic E-state index is 0.0449. The number of morpholine rings is 1. The molecule has 0 aliphatic carbocycles. The maximum absolute atomic E-state index is 12.4. The van der Waals surface area contributed by atoms with E-state index in [9.17, 15) is 4.79 Å². The first-order chi connectivity index (χ1) is 10.4. The van der Waals surface area contributed by atoms with E-state index in [4.69, 9.17) is 4.74 Å². The SMILES string of the molecule is CC[C@]1(C)CN(C(=O)NCc2cccnc2N(C)C)CCO1. The van der Waals surface area contributed by atoms with E-state index in [1.165, 1.54) is 0 Å². The topological polar surface area (TPSA) is 57.7 Å². The van der Waals surface area contributed by atoms with Gasteiger partial charge in [-0.15, -0.1) is 0 Å². The zero-order valence-corrected chi connectivity index (χ0v) is 13.9. The van der Waals surface area contributed by atoms with Crippen molar-refractivity contribution >= 4 is 11.8 Å². The fraction of sp³-hybridized carbons (Fsp3) is 0.625. The average molecular weight is 306 g/mol. The molecule has 2 heterocycles. The smallest absolute Gasteiger partial charge is 0.317 e. The van der Waals surface area contributed by atoms with E-state index in [0.29, 0.717) is 26.2 Å². The van der Waals surface area contributed by atoms with Gasteiger partial charge in [0.1, 0.15) is 5.82 Å². The number of urea groups is 1. The lowest BCUT2D eigenvalue weighted by molar-refractivity contribution is -0.0872. The lowest BCUT2D eigenvalue weighted by Gasteiger charge is -2.40. The molecule has 6 nitrogen and oxygen atoms in total. The highest BCUT2D eigenvalue weighted by Crippen LogP contribution is 2.21. The normalized spacial score (nSPS) is 21.5. The molecule has 122 valence electrons. The molecule has 0 saturated carbocycles. The lowest BCUT2D eigenvalue weighted by Crippen LogP contribution is -2.54. The fourth-order valence-electron chi connectivity index (χ4n) is 2.57. The van der Waals surface area contributed by atoms with Gasteiger partial charge in [0.15, 0.2) is 0 Å². The molecule has 0 radical (unpaired) electrons. The van der Waals surface area contributed by atoms with Crippen molar-refractivity contribution in [3.8, 4) is 0 Å². The second-order valence-electron chi connectivity index (χ2n) is 6.11. The van der Waals surface area contributed by atoms with Gasteiger partial charge >= 0.3 is 6.03 Å². The summed E-state index contributed by atoms with van der Waals surface area (Å²) >= 11 is 0. The number of hydrogen-bond acceptors (Lipinski definition) is 4. The molecular weight excluding hydrogens is 280 g/mol. The molecule has 1 atom stereocenters. The molecule has 0 aromatic carbocycles. The van der Waals surface area contributed by atoms with Gasteiger partial charge in [-0.1, -0.05) is 13.0 Å². The largest absolute Gasteiger partial charge is 0.372 e. The van der Waals surface area contributed by atoms with Crippen molar-refractivity contribution in [3.05, 3.63) is 23.9 Å². The predicted octanol–water partition coefficient (Wildman–Crippen LogP) is 1.86. The Morgan fingerprint density at radius 3 is 3.00 bits per heavy atom. The first kappa shape index (κ1) is 16.5.